The van der Waals surface area contributed by atoms with Gasteiger partial charge in [0.15, 0.2) is 0 Å². The van der Waals surface area contributed by atoms with E-state index in [4.69, 9.17) is 9.84 Å². The minimum absolute atomic E-state index is 0.0548. The van der Waals surface area contributed by atoms with Crippen molar-refractivity contribution in [3.63, 3.8) is 0 Å². The molecule has 3 aromatic carbocycles. The Morgan fingerprint density at radius 1 is 0.971 bits per heavy atom. The number of rotatable bonds is 8. The Hall–Kier alpha value is -4.13. The monoisotopic (exact) mass is 472 g/mol. The maximum atomic E-state index is 12.9. The average Bonchev–Trinajstić information content (AvgIpc) is 3.17. The van der Waals surface area contributed by atoms with Gasteiger partial charge in [0.25, 0.3) is 5.91 Å². The zero-order valence-electron chi connectivity index (χ0n) is 19.8. The molecule has 0 aromatic heterocycles. The fraction of sp³-hybridized carbons (Fsp3) is 0.250. The molecule has 0 bridgehead atoms. The molecule has 2 amide bonds. The molecule has 3 aromatic rings. The van der Waals surface area contributed by atoms with Gasteiger partial charge >= 0.3 is 12.1 Å². The van der Waals surface area contributed by atoms with Gasteiger partial charge in [0.1, 0.15) is 13.2 Å². The number of benzene rings is 3. The molecule has 0 aliphatic heterocycles. The number of hydrogen-bond donors (Lipinski definition) is 2. The predicted octanol–water partition coefficient (Wildman–Crippen LogP) is 5.29. The van der Waals surface area contributed by atoms with Gasteiger partial charge in [-0.3, -0.25) is 14.9 Å². The summed E-state index contributed by atoms with van der Waals surface area (Å²) >= 11 is 0. The van der Waals surface area contributed by atoms with Crippen LogP contribution in [-0.2, 0) is 9.53 Å². The molecule has 0 saturated heterocycles. The summed E-state index contributed by atoms with van der Waals surface area (Å²) in [5.74, 6) is -1.53. The van der Waals surface area contributed by atoms with Crippen LogP contribution in [0.4, 0.5) is 10.5 Å². The molecular weight excluding hydrogens is 444 g/mol. The lowest BCUT2D eigenvalue weighted by Crippen LogP contribution is -2.36. The Morgan fingerprint density at radius 2 is 1.60 bits per heavy atom. The van der Waals surface area contributed by atoms with Crippen LogP contribution in [0.5, 0.6) is 0 Å². The molecule has 0 heterocycles. The van der Waals surface area contributed by atoms with Crippen molar-refractivity contribution in [1.82, 2.24) is 4.90 Å². The fourth-order valence-electron chi connectivity index (χ4n) is 4.50. The number of carboxylic acids is 1. The van der Waals surface area contributed by atoms with Gasteiger partial charge in [0.05, 0.1) is 0 Å². The molecule has 7 heteroatoms. The molecule has 0 saturated carbocycles. The number of carbonyl (C=O) groups is 3. The number of carboxylic acid groups (broad SMARTS) is 1. The Morgan fingerprint density at radius 3 is 2.20 bits per heavy atom. The van der Waals surface area contributed by atoms with E-state index in [9.17, 15) is 14.4 Å². The third-order valence-electron chi connectivity index (χ3n) is 6.17. The molecular formula is C28H28N2O5. The number of nitrogens with zero attached hydrogens (tertiary/aromatic N) is 1. The van der Waals surface area contributed by atoms with Crippen molar-refractivity contribution in [1.29, 1.82) is 0 Å². The Bertz CT molecular complexity index is 1220. The second-order valence-corrected chi connectivity index (χ2v) is 8.60. The van der Waals surface area contributed by atoms with E-state index < -0.39 is 18.0 Å². The second-order valence-electron chi connectivity index (χ2n) is 8.60. The number of aliphatic carboxylic acids is 1. The van der Waals surface area contributed by atoms with E-state index >= 15 is 0 Å². The minimum atomic E-state index is -1.07. The molecule has 7 nitrogen and oxygen atoms in total. The van der Waals surface area contributed by atoms with Crippen LogP contribution in [0, 0.1) is 6.92 Å². The number of amides is 2. The highest BCUT2D eigenvalue weighted by Gasteiger charge is 2.29. The maximum Gasteiger partial charge on any atom is 0.411 e. The van der Waals surface area contributed by atoms with Crippen molar-refractivity contribution in [3.05, 3.63) is 89.0 Å². The SMILES string of the molecule is CCCN(CC(=O)O)C(=O)c1ccc(C)c(NC(=O)OCC2c3ccccc3-c3ccccc32)c1. The first-order valence-corrected chi connectivity index (χ1v) is 11.6. The molecule has 0 radical (unpaired) electrons. The Kier molecular flexibility index (Phi) is 7.15. The second kappa shape index (κ2) is 10.4. The van der Waals surface area contributed by atoms with E-state index in [0.29, 0.717) is 24.2 Å². The quantitative estimate of drug-likeness (QED) is 0.464. The van der Waals surface area contributed by atoms with Crippen LogP contribution in [0.3, 0.4) is 0 Å². The number of ether oxygens (including phenoxy) is 1. The largest absolute Gasteiger partial charge is 0.480 e. The van der Waals surface area contributed by atoms with Gasteiger partial charge in [-0.15, -0.1) is 0 Å². The van der Waals surface area contributed by atoms with Crippen LogP contribution in [0.25, 0.3) is 11.1 Å². The smallest absolute Gasteiger partial charge is 0.411 e. The van der Waals surface area contributed by atoms with Crippen LogP contribution < -0.4 is 5.32 Å². The van der Waals surface area contributed by atoms with Gasteiger partial charge < -0.3 is 14.7 Å². The Balaban J connectivity index is 1.46. The number of nitrogens with one attached hydrogen (secondary N) is 1. The van der Waals surface area contributed by atoms with Crippen LogP contribution in [-0.4, -0.2) is 47.7 Å². The molecule has 35 heavy (non-hydrogen) atoms. The molecule has 0 unspecified atom stereocenters. The van der Waals surface area contributed by atoms with Crippen molar-refractivity contribution < 1.29 is 24.2 Å². The first-order valence-electron chi connectivity index (χ1n) is 11.6. The summed E-state index contributed by atoms with van der Waals surface area (Å²) in [5.41, 5.74) is 6.06. The third kappa shape index (κ3) is 5.19. The normalized spacial score (nSPS) is 11.9. The number of aryl methyl sites for hydroxylation is 1. The molecule has 1 aliphatic rings. The third-order valence-corrected chi connectivity index (χ3v) is 6.17. The summed E-state index contributed by atoms with van der Waals surface area (Å²) < 4.78 is 5.61. The summed E-state index contributed by atoms with van der Waals surface area (Å²) in [6, 6.07) is 21.1. The van der Waals surface area contributed by atoms with Crippen molar-refractivity contribution in [2.45, 2.75) is 26.2 Å². The first kappa shape index (κ1) is 24.0. The van der Waals surface area contributed by atoms with Crippen molar-refractivity contribution in [2.24, 2.45) is 0 Å². The van der Waals surface area contributed by atoms with E-state index in [0.717, 1.165) is 27.8 Å². The van der Waals surface area contributed by atoms with Gasteiger partial charge in [-0.1, -0.05) is 61.5 Å². The fourth-order valence-corrected chi connectivity index (χ4v) is 4.50. The highest BCUT2D eigenvalue weighted by atomic mass is 16.5. The molecule has 0 fully saturated rings. The van der Waals surface area contributed by atoms with E-state index in [-0.39, 0.29) is 19.1 Å². The van der Waals surface area contributed by atoms with Crippen LogP contribution in [0.15, 0.2) is 66.7 Å². The van der Waals surface area contributed by atoms with Gasteiger partial charge in [-0.2, -0.15) is 0 Å². The van der Waals surface area contributed by atoms with E-state index in [1.54, 1.807) is 18.2 Å². The van der Waals surface area contributed by atoms with E-state index in [1.165, 1.54) is 4.90 Å². The zero-order chi connectivity index (χ0) is 24.9. The average molecular weight is 473 g/mol. The number of anilines is 1. The predicted molar refractivity (Wildman–Crippen MR) is 134 cm³/mol. The number of carbonyl (C=O) groups excluding carboxylic acids is 2. The molecule has 4 rings (SSSR count). The Labute approximate surface area is 204 Å². The lowest BCUT2D eigenvalue weighted by atomic mass is 9.98. The summed E-state index contributed by atoms with van der Waals surface area (Å²) in [6.07, 6.45) is 0.0194. The van der Waals surface area contributed by atoms with Gasteiger partial charge in [0, 0.05) is 23.7 Å². The van der Waals surface area contributed by atoms with E-state index in [1.807, 2.05) is 38.1 Å². The maximum absolute atomic E-state index is 12.9. The molecule has 1 aliphatic carbocycles. The molecule has 0 atom stereocenters. The van der Waals surface area contributed by atoms with Gasteiger partial charge in [-0.05, 0) is 53.3 Å². The standard InChI is InChI=1S/C28H28N2O5/c1-3-14-30(16-26(31)32)27(33)19-13-12-18(2)25(15-19)29-28(34)35-17-24-22-10-6-4-8-20(22)21-9-5-7-11-23(21)24/h4-13,15,24H,3,14,16-17H2,1-2H3,(H,29,34)(H,31,32). The number of hydrogen-bond acceptors (Lipinski definition) is 4. The van der Waals surface area contributed by atoms with Crippen molar-refractivity contribution in [3.8, 4) is 11.1 Å². The first-order chi connectivity index (χ1) is 16.9. The highest BCUT2D eigenvalue weighted by molar-refractivity contribution is 5.98. The molecule has 0 spiro atoms. The van der Waals surface area contributed by atoms with Crippen LogP contribution in [0.2, 0.25) is 0 Å². The summed E-state index contributed by atoms with van der Waals surface area (Å²) in [7, 11) is 0. The van der Waals surface area contributed by atoms with Gasteiger partial charge in [-0.25, -0.2) is 4.79 Å². The topological polar surface area (TPSA) is 95.9 Å². The van der Waals surface area contributed by atoms with Gasteiger partial charge in [0.2, 0.25) is 0 Å². The lowest BCUT2D eigenvalue weighted by molar-refractivity contribution is -0.137. The van der Waals surface area contributed by atoms with E-state index in [2.05, 4.69) is 29.6 Å². The highest BCUT2D eigenvalue weighted by Crippen LogP contribution is 2.44. The van der Waals surface area contributed by atoms with Crippen molar-refractivity contribution in [2.75, 3.05) is 25.0 Å². The summed E-state index contributed by atoms with van der Waals surface area (Å²) in [6.45, 7) is 3.82. The summed E-state index contributed by atoms with van der Waals surface area (Å²) in [4.78, 5) is 38.0. The number of fused-ring (bicyclic) bond motifs is 3. The zero-order valence-corrected chi connectivity index (χ0v) is 19.8. The lowest BCUT2D eigenvalue weighted by Gasteiger charge is -2.21. The molecule has 180 valence electrons. The minimum Gasteiger partial charge on any atom is -0.480 e. The van der Waals surface area contributed by atoms with Crippen LogP contribution >= 0.6 is 0 Å². The van der Waals surface area contributed by atoms with Crippen LogP contribution in [0.1, 0.15) is 46.3 Å². The summed E-state index contributed by atoms with van der Waals surface area (Å²) in [5, 5.41) is 11.9. The van der Waals surface area contributed by atoms with Crippen molar-refractivity contribution >= 4 is 23.7 Å². The molecule has 2 N–H and O–H groups in total.